The first-order valence-corrected chi connectivity index (χ1v) is 16.3. The average molecular weight is 658 g/mol. The summed E-state index contributed by atoms with van der Waals surface area (Å²) < 4.78 is 12.6. The molecule has 4 saturated heterocycles. The summed E-state index contributed by atoms with van der Waals surface area (Å²) >= 11 is 13.4. The fourth-order valence-electron chi connectivity index (χ4n) is 7.05. The van der Waals surface area contributed by atoms with Crippen LogP contribution in [0.5, 0.6) is 0 Å². The standard InChI is InChI=1S/C35H34Cl2N6O3/c1-2-16-41(35-33(46-35)39-18-22-10-5-3-6-11-22)42-21-29(44)43-28(42)20-40(34-32(45-34)31(43)23-12-7-4-8-13-23)19-25-27(37)17-26(36)24-14-9-15-38-30(24)25/h2-15,17,28,31-35,39H,1,16,18-21H2/t28-,31+,32?,33?,34?,35?/m1/s1. The van der Waals surface area contributed by atoms with E-state index >= 15 is 0 Å². The summed E-state index contributed by atoms with van der Waals surface area (Å²) in [5, 5.41) is 9.79. The number of ether oxygens (including phenoxy) is 2. The molecule has 0 bridgehead atoms. The summed E-state index contributed by atoms with van der Waals surface area (Å²) in [7, 11) is 0. The Hall–Kier alpha value is -3.38. The lowest BCUT2D eigenvalue weighted by Crippen LogP contribution is -2.55. The quantitative estimate of drug-likeness (QED) is 0.185. The second-order valence-electron chi connectivity index (χ2n) is 12.1. The molecule has 236 valence electrons. The van der Waals surface area contributed by atoms with Crippen molar-refractivity contribution in [1.29, 1.82) is 0 Å². The van der Waals surface area contributed by atoms with Crippen molar-refractivity contribution in [2.75, 3.05) is 19.6 Å². The van der Waals surface area contributed by atoms with Crippen LogP contribution in [-0.4, -0.2) is 81.3 Å². The van der Waals surface area contributed by atoms with Gasteiger partial charge in [-0.05, 0) is 29.3 Å². The molecule has 0 aliphatic carbocycles. The minimum Gasteiger partial charge on any atom is -0.350 e. The van der Waals surface area contributed by atoms with Gasteiger partial charge in [0.25, 0.3) is 0 Å². The normalized spacial score (nSPS) is 27.5. The van der Waals surface area contributed by atoms with Crippen molar-refractivity contribution in [3.05, 3.63) is 124 Å². The van der Waals surface area contributed by atoms with Crippen LogP contribution in [0.15, 0.2) is 97.7 Å². The minimum atomic E-state index is -0.279. The number of fused-ring (bicyclic) bond motifs is 3. The van der Waals surface area contributed by atoms with Crippen LogP contribution < -0.4 is 5.32 Å². The predicted molar refractivity (Wildman–Crippen MR) is 176 cm³/mol. The molecule has 6 atom stereocenters. The minimum absolute atomic E-state index is 0.0510. The van der Waals surface area contributed by atoms with Crippen LogP contribution in [-0.2, 0) is 27.4 Å². The maximum atomic E-state index is 14.1. The molecule has 1 amide bonds. The van der Waals surface area contributed by atoms with Crippen LogP contribution in [0.1, 0.15) is 22.7 Å². The third kappa shape index (κ3) is 5.51. The highest BCUT2D eigenvalue weighted by Gasteiger charge is 2.61. The van der Waals surface area contributed by atoms with Gasteiger partial charge >= 0.3 is 0 Å². The number of carbonyl (C=O) groups is 1. The highest BCUT2D eigenvalue weighted by molar-refractivity contribution is 6.39. The Labute approximate surface area is 277 Å². The van der Waals surface area contributed by atoms with Gasteiger partial charge in [0.1, 0.15) is 18.5 Å². The number of hydrogen-bond acceptors (Lipinski definition) is 8. The Morgan fingerprint density at radius 3 is 2.59 bits per heavy atom. The van der Waals surface area contributed by atoms with E-state index in [1.54, 1.807) is 12.3 Å². The highest BCUT2D eigenvalue weighted by Crippen LogP contribution is 2.48. The number of nitrogens with zero attached hydrogens (tertiary/aromatic N) is 5. The van der Waals surface area contributed by atoms with E-state index in [4.69, 9.17) is 32.7 Å². The molecule has 11 heteroatoms. The summed E-state index contributed by atoms with van der Waals surface area (Å²) in [6, 6.07) is 25.8. The fourth-order valence-corrected chi connectivity index (χ4v) is 7.63. The van der Waals surface area contributed by atoms with Crippen molar-refractivity contribution in [2.45, 2.75) is 50.1 Å². The molecular formula is C35H34Cl2N6O3. The van der Waals surface area contributed by atoms with E-state index in [0.717, 1.165) is 22.0 Å². The van der Waals surface area contributed by atoms with E-state index in [0.29, 0.717) is 36.2 Å². The van der Waals surface area contributed by atoms with Crippen molar-refractivity contribution in [3.8, 4) is 0 Å². The number of aromatic nitrogens is 1. The zero-order valence-corrected chi connectivity index (χ0v) is 26.6. The van der Waals surface area contributed by atoms with Crippen molar-refractivity contribution >= 4 is 40.0 Å². The molecule has 3 aromatic carbocycles. The molecule has 8 rings (SSSR count). The first kappa shape index (κ1) is 30.0. The number of nitrogens with one attached hydrogen (secondary N) is 1. The van der Waals surface area contributed by atoms with Gasteiger partial charge in [-0.2, -0.15) is 0 Å². The molecule has 4 aliphatic heterocycles. The van der Waals surface area contributed by atoms with E-state index in [1.807, 2.05) is 59.5 Å². The van der Waals surface area contributed by atoms with Crippen molar-refractivity contribution in [1.82, 2.24) is 30.1 Å². The molecule has 4 unspecified atom stereocenters. The lowest BCUT2D eigenvalue weighted by Gasteiger charge is -2.39. The Bertz CT molecular complexity index is 1760. The van der Waals surface area contributed by atoms with Crippen LogP contribution in [0.4, 0.5) is 0 Å². The van der Waals surface area contributed by atoms with E-state index < -0.39 is 0 Å². The number of halogens is 2. The second-order valence-corrected chi connectivity index (χ2v) is 12.9. The predicted octanol–water partition coefficient (Wildman–Crippen LogP) is 5.17. The van der Waals surface area contributed by atoms with E-state index in [-0.39, 0.29) is 49.4 Å². The molecule has 4 aromatic rings. The lowest BCUT2D eigenvalue weighted by molar-refractivity contribution is -0.132. The zero-order chi connectivity index (χ0) is 31.4. The number of hydrazine groups is 1. The molecule has 1 aromatic heterocycles. The van der Waals surface area contributed by atoms with Crippen LogP contribution >= 0.6 is 23.2 Å². The summed E-state index contributed by atoms with van der Waals surface area (Å²) in [5.74, 6) is 0.0510. The molecular weight excluding hydrogens is 623 g/mol. The van der Waals surface area contributed by atoms with Crippen molar-refractivity contribution < 1.29 is 14.3 Å². The number of hydrogen-bond donors (Lipinski definition) is 1. The van der Waals surface area contributed by atoms with Crippen LogP contribution in [0.2, 0.25) is 10.0 Å². The third-order valence-electron chi connectivity index (χ3n) is 9.27. The lowest BCUT2D eigenvalue weighted by atomic mass is 10.0. The molecule has 46 heavy (non-hydrogen) atoms. The SMILES string of the molecule is C=CCN(C1OC1NCc1ccccc1)N1CC(=O)N2[C@@H](c3ccccc3)C3OC3N(Cc3c(Cl)cc(Cl)c4cccnc34)C[C@@H]21. The maximum Gasteiger partial charge on any atom is 0.240 e. The number of pyridine rings is 1. The molecule has 0 saturated carbocycles. The van der Waals surface area contributed by atoms with Gasteiger partial charge in [-0.1, -0.05) is 89.9 Å². The summed E-state index contributed by atoms with van der Waals surface area (Å²) in [6.07, 6.45) is 2.56. The average Bonchev–Trinajstić information content (AvgIpc) is 4.00. The van der Waals surface area contributed by atoms with Gasteiger partial charge in [0, 0.05) is 48.3 Å². The monoisotopic (exact) mass is 656 g/mol. The Morgan fingerprint density at radius 2 is 1.80 bits per heavy atom. The van der Waals surface area contributed by atoms with Gasteiger partial charge in [-0.3, -0.25) is 20.0 Å². The van der Waals surface area contributed by atoms with Gasteiger partial charge in [0.2, 0.25) is 5.91 Å². The molecule has 9 nitrogen and oxygen atoms in total. The van der Waals surface area contributed by atoms with Crippen molar-refractivity contribution in [3.63, 3.8) is 0 Å². The van der Waals surface area contributed by atoms with Gasteiger partial charge < -0.3 is 14.4 Å². The summed E-state index contributed by atoms with van der Waals surface area (Å²) in [5.41, 5.74) is 3.88. The highest BCUT2D eigenvalue weighted by atomic mass is 35.5. The molecule has 1 N–H and O–H groups in total. The first-order chi connectivity index (χ1) is 22.5. The van der Waals surface area contributed by atoms with Gasteiger partial charge in [-0.15, -0.1) is 6.58 Å². The van der Waals surface area contributed by atoms with Crippen molar-refractivity contribution in [2.24, 2.45) is 0 Å². The Kier molecular flexibility index (Phi) is 8.04. The Balaban J connectivity index is 1.12. The second kappa shape index (κ2) is 12.3. The van der Waals surface area contributed by atoms with Crippen LogP contribution in [0, 0.1) is 0 Å². The number of epoxide rings is 2. The zero-order valence-electron chi connectivity index (χ0n) is 25.1. The fraction of sp³-hybridized carbons (Fsp3) is 0.314. The van der Waals surface area contributed by atoms with Gasteiger partial charge in [-0.25, -0.2) is 10.0 Å². The van der Waals surface area contributed by atoms with Gasteiger partial charge in [0.05, 0.1) is 23.1 Å². The number of rotatable bonds is 10. The largest absolute Gasteiger partial charge is 0.350 e. The first-order valence-electron chi connectivity index (χ1n) is 15.6. The molecule has 5 heterocycles. The third-order valence-corrected chi connectivity index (χ3v) is 9.92. The Morgan fingerprint density at radius 1 is 1.02 bits per heavy atom. The van der Waals surface area contributed by atoms with Crippen LogP contribution in [0.3, 0.4) is 0 Å². The smallest absolute Gasteiger partial charge is 0.240 e. The van der Waals surface area contributed by atoms with E-state index in [9.17, 15) is 4.79 Å². The molecule has 4 aliphatic rings. The number of benzene rings is 3. The van der Waals surface area contributed by atoms with Gasteiger partial charge in [0.15, 0.2) is 12.5 Å². The number of amides is 1. The number of carbonyl (C=O) groups excluding carboxylic acids is 1. The summed E-state index contributed by atoms with van der Waals surface area (Å²) in [4.78, 5) is 23.0. The molecule has 4 fully saturated rings. The van der Waals surface area contributed by atoms with E-state index in [1.165, 1.54) is 5.56 Å². The summed E-state index contributed by atoms with van der Waals surface area (Å²) in [6.45, 7) is 6.50. The van der Waals surface area contributed by atoms with E-state index in [2.05, 4.69) is 56.1 Å². The topological polar surface area (TPSA) is 80.0 Å². The molecule has 0 spiro atoms. The van der Waals surface area contributed by atoms with Crippen LogP contribution in [0.25, 0.3) is 10.9 Å². The molecule has 0 radical (unpaired) electrons. The maximum absolute atomic E-state index is 14.1.